The summed E-state index contributed by atoms with van der Waals surface area (Å²) in [6, 6.07) is 0.470. The van der Waals surface area contributed by atoms with E-state index >= 15 is 0 Å². The molecule has 1 saturated heterocycles. The zero-order valence-electron chi connectivity index (χ0n) is 7.83. The van der Waals surface area contributed by atoms with Crippen molar-refractivity contribution >= 4 is 5.91 Å². The molecule has 13 heavy (non-hydrogen) atoms. The molecule has 2 heteroatoms. The number of amides is 1. The molecule has 0 radical (unpaired) electrons. The lowest BCUT2D eigenvalue weighted by atomic mass is 9.79. The molecule has 2 rings (SSSR count). The molecule has 1 atom stereocenters. The fraction of sp³-hybridized carbons (Fsp3) is 0.727. The molecule has 1 heterocycles. The number of hydrogen-bond acceptors (Lipinski definition) is 1. The summed E-state index contributed by atoms with van der Waals surface area (Å²) in [5.41, 5.74) is 0. The SMILES string of the molecule is C#CC(=O)N1CCCC1C1CCC1. The fourth-order valence-corrected chi connectivity index (χ4v) is 2.44. The first kappa shape index (κ1) is 8.62. The van der Waals surface area contributed by atoms with Crippen LogP contribution in [0.15, 0.2) is 0 Å². The van der Waals surface area contributed by atoms with E-state index in [1.54, 1.807) is 0 Å². The number of nitrogens with zero attached hydrogens (tertiary/aromatic N) is 1. The van der Waals surface area contributed by atoms with Gasteiger partial charge in [0.05, 0.1) is 0 Å². The van der Waals surface area contributed by atoms with Crippen LogP contribution in [0.3, 0.4) is 0 Å². The maximum absolute atomic E-state index is 11.4. The van der Waals surface area contributed by atoms with Crippen LogP contribution < -0.4 is 0 Å². The van der Waals surface area contributed by atoms with E-state index < -0.39 is 0 Å². The van der Waals surface area contributed by atoms with Crippen LogP contribution in [0, 0.1) is 18.3 Å². The monoisotopic (exact) mass is 177 g/mol. The van der Waals surface area contributed by atoms with Crippen LogP contribution in [-0.2, 0) is 4.79 Å². The number of likely N-dealkylation sites (tertiary alicyclic amines) is 1. The lowest BCUT2D eigenvalue weighted by Gasteiger charge is -2.36. The summed E-state index contributed by atoms with van der Waals surface area (Å²) in [7, 11) is 0. The van der Waals surface area contributed by atoms with E-state index in [4.69, 9.17) is 6.42 Å². The third-order valence-electron chi connectivity index (χ3n) is 3.38. The summed E-state index contributed by atoms with van der Waals surface area (Å²) < 4.78 is 0. The van der Waals surface area contributed by atoms with Crippen molar-refractivity contribution in [2.75, 3.05) is 6.54 Å². The van der Waals surface area contributed by atoms with Gasteiger partial charge in [-0.25, -0.2) is 0 Å². The third-order valence-corrected chi connectivity index (χ3v) is 3.38. The molecule has 1 unspecified atom stereocenters. The Hall–Kier alpha value is -0.970. The van der Waals surface area contributed by atoms with Crippen molar-refractivity contribution in [1.82, 2.24) is 4.90 Å². The maximum Gasteiger partial charge on any atom is 0.298 e. The molecule has 0 aromatic heterocycles. The van der Waals surface area contributed by atoms with Gasteiger partial charge in [0.25, 0.3) is 5.91 Å². The smallest absolute Gasteiger partial charge is 0.298 e. The van der Waals surface area contributed by atoms with Crippen LogP contribution >= 0.6 is 0 Å². The molecule has 0 spiro atoms. The van der Waals surface area contributed by atoms with E-state index in [-0.39, 0.29) is 5.91 Å². The molecular formula is C11H15NO. The molecular weight excluding hydrogens is 162 g/mol. The molecule has 1 amide bonds. The van der Waals surface area contributed by atoms with Crippen LogP contribution in [0.5, 0.6) is 0 Å². The minimum Gasteiger partial charge on any atom is -0.329 e. The fourth-order valence-electron chi connectivity index (χ4n) is 2.44. The summed E-state index contributed by atoms with van der Waals surface area (Å²) in [5.74, 6) is 2.87. The first-order valence-corrected chi connectivity index (χ1v) is 5.10. The quantitative estimate of drug-likeness (QED) is 0.554. The molecule has 1 aliphatic heterocycles. The molecule has 0 aromatic rings. The van der Waals surface area contributed by atoms with Gasteiger partial charge in [0.2, 0.25) is 0 Å². The van der Waals surface area contributed by atoms with Crippen molar-refractivity contribution in [2.45, 2.75) is 38.1 Å². The molecule has 2 fully saturated rings. The third kappa shape index (κ3) is 1.44. The van der Waals surface area contributed by atoms with E-state index in [0.29, 0.717) is 6.04 Å². The molecule has 70 valence electrons. The zero-order chi connectivity index (χ0) is 9.26. The Morgan fingerprint density at radius 1 is 1.31 bits per heavy atom. The van der Waals surface area contributed by atoms with Crippen LogP contribution in [0.4, 0.5) is 0 Å². The highest BCUT2D eigenvalue weighted by atomic mass is 16.2. The van der Waals surface area contributed by atoms with E-state index in [9.17, 15) is 4.79 Å². The van der Waals surface area contributed by atoms with E-state index in [2.05, 4.69) is 5.92 Å². The van der Waals surface area contributed by atoms with Crippen molar-refractivity contribution < 1.29 is 4.79 Å². The largest absolute Gasteiger partial charge is 0.329 e. The van der Waals surface area contributed by atoms with Crippen molar-refractivity contribution in [3.8, 4) is 12.3 Å². The Morgan fingerprint density at radius 3 is 2.62 bits per heavy atom. The van der Waals surface area contributed by atoms with Crippen LogP contribution in [0.25, 0.3) is 0 Å². The first-order chi connectivity index (χ1) is 6.33. The normalized spacial score (nSPS) is 28.2. The topological polar surface area (TPSA) is 20.3 Å². The van der Waals surface area contributed by atoms with Gasteiger partial charge >= 0.3 is 0 Å². The maximum atomic E-state index is 11.4. The lowest BCUT2D eigenvalue weighted by Crippen LogP contribution is -2.41. The standard InChI is InChI=1S/C11H15NO/c1-2-11(13)12-8-4-7-10(12)9-5-3-6-9/h1,9-10H,3-8H2. The average molecular weight is 177 g/mol. The minimum absolute atomic E-state index is 0.102. The van der Waals surface area contributed by atoms with Gasteiger partial charge in [-0.15, -0.1) is 6.42 Å². The Labute approximate surface area is 79.3 Å². The van der Waals surface area contributed by atoms with Crippen LogP contribution in [-0.4, -0.2) is 23.4 Å². The Kier molecular flexibility index (Phi) is 2.26. The van der Waals surface area contributed by atoms with E-state index in [1.807, 2.05) is 4.90 Å². The van der Waals surface area contributed by atoms with Gasteiger partial charge in [0, 0.05) is 12.6 Å². The number of rotatable bonds is 1. The summed E-state index contributed by atoms with van der Waals surface area (Å²) >= 11 is 0. The van der Waals surface area contributed by atoms with Crippen molar-refractivity contribution in [1.29, 1.82) is 0 Å². The van der Waals surface area contributed by atoms with E-state index in [1.165, 1.54) is 19.3 Å². The Morgan fingerprint density at radius 2 is 2.08 bits per heavy atom. The predicted molar refractivity (Wildman–Crippen MR) is 50.9 cm³/mol. The molecule has 1 aliphatic carbocycles. The minimum atomic E-state index is -0.102. The summed E-state index contributed by atoms with van der Waals surface area (Å²) in [4.78, 5) is 13.3. The van der Waals surface area contributed by atoms with Gasteiger partial charge in [-0.3, -0.25) is 4.79 Å². The molecule has 0 N–H and O–H groups in total. The Balaban J connectivity index is 2.01. The highest BCUT2D eigenvalue weighted by molar-refractivity contribution is 5.93. The van der Waals surface area contributed by atoms with Gasteiger partial charge in [0.1, 0.15) is 0 Å². The summed E-state index contributed by atoms with van der Waals surface area (Å²) in [6.45, 7) is 0.879. The van der Waals surface area contributed by atoms with Crippen molar-refractivity contribution in [3.63, 3.8) is 0 Å². The highest BCUT2D eigenvalue weighted by Crippen LogP contribution is 2.36. The van der Waals surface area contributed by atoms with E-state index in [0.717, 1.165) is 25.3 Å². The number of terminal acetylenes is 1. The highest BCUT2D eigenvalue weighted by Gasteiger charge is 2.36. The number of hydrogen-bond donors (Lipinski definition) is 0. The number of carbonyl (C=O) groups is 1. The second-order valence-electron chi connectivity index (χ2n) is 4.04. The second kappa shape index (κ2) is 3.41. The summed E-state index contributed by atoms with van der Waals surface area (Å²) in [6.07, 6.45) is 11.3. The molecule has 2 aliphatic rings. The molecule has 2 nitrogen and oxygen atoms in total. The number of carbonyl (C=O) groups excluding carboxylic acids is 1. The molecule has 0 bridgehead atoms. The van der Waals surface area contributed by atoms with Crippen molar-refractivity contribution in [3.05, 3.63) is 0 Å². The van der Waals surface area contributed by atoms with Crippen molar-refractivity contribution in [2.24, 2.45) is 5.92 Å². The molecule has 1 saturated carbocycles. The second-order valence-corrected chi connectivity index (χ2v) is 4.04. The summed E-state index contributed by atoms with van der Waals surface area (Å²) in [5, 5.41) is 0. The van der Waals surface area contributed by atoms with Crippen LogP contribution in [0.1, 0.15) is 32.1 Å². The lowest BCUT2D eigenvalue weighted by molar-refractivity contribution is -0.127. The van der Waals surface area contributed by atoms with Gasteiger partial charge in [0.15, 0.2) is 0 Å². The molecule has 0 aromatic carbocycles. The van der Waals surface area contributed by atoms with Crippen LogP contribution in [0.2, 0.25) is 0 Å². The predicted octanol–water partition coefficient (Wildman–Crippen LogP) is 1.41. The van der Waals surface area contributed by atoms with Gasteiger partial charge in [-0.05, 0) is 37.5 Å². The first-order valence-electron chi connectivity index (χ1n) is 5.10. The average Bonchev–Trinajstić information content (AvgIpc) is 2.49. The zero-order valence-corrected chi connectivity index (χ0v) is 7.83. The van der Waals surface area contributed by atoms with Gasteiger partial charge in [-0.1, -0.05) is 6.42 Å². The Bertz CT molecular complexity index is 249. The van der Waals surface area contributed by atoms with Gasteiger partial charge in [-0.2, -0.15) is 0 Å². The van der Waals surface area contributed by atoms with Gasteiger partial charge < -0.3 is 4.90 Å².